The van der Waals surface area contributed by atoms with Crippen LogP contribution in [-0.4, -0.2) is 40.1 Å². The molecule has 3 rings (SSSR count). The third kappa shape index (κ3) is 5.06. The van der Waals surface area contributed by atoms with Crippen molar-refractivity contribution in [3.8, 4) is 5.75 Å². The minimum Gasteiger partial charge on any atom is -0.482 e. The normalized spacial score (nSPS) is 33.9. The summed E-state index contributed by atoms with van der Waals surface area (Å²) in [7, 11) is 0. The van der Waals surface area contributed by atoms with Crippen LogP contribution >= 0.6 is 0 Å². The van der Waals surface area contributed by atoms with Gasteiger partial charge in [-0.15, -0.1) is 0 Å². The Morgan fingerprint density at radius 3 is 3.07 bits per heavy atom. The molecule has 0 aromatic heterocycles. The molecule has 0 heterocycles. The molecular weight excluding hydrogens is 356 g/mol. The number of rotatable bonds is 10. The summed E-state index contributed by atoms with van der Waals surface area (Å²) in [5.41, 5.74) is 1.95. The molecule has 1 aromatic rings. The van der Waals surface area contributed by atoms with E-state index in [4.69, 9.17) is 20.8 Å². The molecule has 0 spiro atoms. The summed E-state index contributed by atoms with van der Waals surface area (Å²) in [4.78, 5) is 10.9. The molecule has 5 nitrogen and oxygen atoms in total. The van der Waals surface area contributed by atoms with Gasteiger partial charge in [-0.25, -0.2) is 4.79 Å². The molecule has 0 bridgehead atoms. The fourth-order valence-corrected chi connectivity index (χ4v) is 4.81. The van der Waals surface area contributed by atoms with Gasteiger partial charge in [0.05, 0.1) is 13.6 Å². The van der Waals surface area contributed by atoms with Gasteiger partial charge in [0, 0.05) is 9.60 Å². The van der Waals surface area contributed by atoms with Gasteiger partial charge in [0.15, 0.2) is 6.61 Å². The Hall–Kier alpha value is -1.59. The molecule has 5 atom stereocenters. The summed E-state index contributed by atoms with van der Waals surface area (Å²) < 4.78 is 66.7. The van der Waals surface area contributed by atoms with Crippen molar-refractivity contribution in [2.24, 2.45) is 17.8 Å². The van der Waals surface area contributed by atoms with Crippen LogP contribution in [0.1, 0.15) is 73.8 Å². The highest BCUT2D eigenvalue weighted by Crippen LogP contribution is 2.48. The van der Waals surface area contributed by atoms with Crippen LogP contribution in [0.15, 0.2) is 18.2 Å². The molecule has 1 fully saturated rings. The average Bonchev–Trinajstić information content (AvgIpc) is 3.06. The summed E-state index contributed by atoms with van der Waals surface area (Å²) in [6, 6.07) is 5.48. The van der Waals surface area contributed by atoms with E-state index in [0.29, 0.717) is 31.4 Å². The van der Waals surface area contributed by atoms with Crippen LogP contribution < -0.4 is 4.74 Å². The molecule has 0 unspecified atom stereocenters. The molecule has 1 aromatic carbocycles. The first-order valence-corrected chi connectivity index (χ1v) is 9.81. The fraction of sp³-hybridized carbons (Fsp3) is 0.696. The van der Waals surface area contributed by atoms with E-state index in [0.717, 1.165) is 11.1 Å². The monoisotopic (exact) mass is 398 g/mol. The van der Waals surface area contributed by atoms with E-state index in [2.05, 4.69) is 0 Å². The van der Waals surface area contributed by atoms with Crippen molar-refractivity contribution in [2.75, 3.05) is 6.61 Å². The summed E-state index contributed by atoms with van der Waals surface area (Å²) in [5, 5.41) is 30.3. The van der Waals surface area contributed by atoms with Crippen LogP contribution in [0.3, 0.4) is 0 Å². The number of benzene rings is 1. The van der Waals surface area contributed by atoms with Crippen LogP contribution in [0.2, 0.25) is 0 Å². The van der Waals surface area contributed by atoms with E-state index in [9.17, 15) is 15.0 Å². The highest BCUT2D eigenvalue weighted by molar-refractivity contribution is 5.68. The lowest BCUT2D eigenvalue weighted by Gasteiger charge is -2.32. The first-order chi connectivity index (χ1) is 16.5. The van der Waals surface area contributed by atoms with E-state index < -0.39 is 57.2 Å². The Kier molecular flexibility index (Phi) is 4.48. The van der Waals surface area contributed by atoms with E-state index in [1.165, 1.54) is 0 Å². The predicted molar refractivity (Wildman–Crippen MR) is 107 cm³/mol. The molecule has 0 radical (unpaired) electrons. The average molecular weight is 399 g/mol. The van der Waals surface area contributed by atoms with Crippen LogP contribution in [0.25, 0.3) is 0 Å². The Morgan fingerprint density at radius 2 is 2.29 bits per heavy atom. The molecular formula is C23H34O5. The van der Waals surface area contributed by atoms with Gasteiger partial charge < -0.3 is 20.1 Å². The lowest BCUT2D eigenvalue weighted by Crippen LogP contribution is -2.28. The Morgan fingerprint density at radius 1 is 1.43 bits per heavy atom. The number of aliphatic carboxylic acids is 1. The van der Waals surface area contributed by atoms with Crippen molar-refractivity contribution >= 4 is 5.97 Å². The standard InChI is InChI=1S/C23H34O5/c1-2-3-4-7-17(24)9-10-18-19-11-15-6-5-8-22(28-14-23(26)27)20(15)12-16(19)13-21(18)25/h5-6,8,16-19,21,24-25H,2-4,7,9-14H2,1H3,(H,26,27)/t16-,17+,18+,19-,21+/m0/s1/i1D3,2D2,3D2,17D. The molecule has 0 amide bonds. The fourth-order valence-electron chi connectivity index (χ4n) is 4.81. The summed E-state index contributed by atoms with van der Waals surface area (Å²) in [5.74, 6) is -0.518. The zero-order valence-electron chi connectivity index (χ0n) is 23.9. The second kappa shape index (κ2) is 9.75. The van der Waals surface area contributed by atoms with Gasteiger partial charge in [0.25, 0.3) is 0 Å². The number of aliphatic hydroxyl groups is 2. The van der Waals surface area contributed by atoms with Gasteiger partial charge in [-0.1, -0.05) is 38.2 Å². The maximum atomic E-state index is 10.9. The number of hydrogen-bond acceptors (Lipinski definition) is 4. The lowest BCUT2D eigenvalue weighted by molar-refractivity contribution is -0.139. The number of carboxylic acid groups (broad SMARTS) is 1. The first kappa shape index (κ1) is 12.9. The zero-order chi connectivity index (χ0) is 27.1. The van der Waals surface area contributed by atoms with Crippen LogP contribution in [0, 0.1) is 17.8 Å². The van der Waals surface area contributed by atoms with E-state index in [1.807, 2.05) is 6.07 Å². The number of hydrogen-bond donors (Lipinski definition) is 3. The minimum absolute atomic E-state index is 0.0700. The van der Waals surface area contributed by atoms with Gasteiger partial charge in [0.2, 0.25) is 0 Å². The first-order valence-electron chi connectivity index (χ1n) is 13.8. The topological polar surface area (TPSA) is 87.0 Å². The molecule has 2 aliphatic rings. The van der Waals surface area contributed by atoms with Gasteiger partial charge in [-0.2, -0.15) is 0 Å². The van der Waals surface area contributed by atoms with E-state index in [-0.39, 0.29) is 24.2 Å². The van der Waals surface area contributed by atoms with Crippen LogP contribution in [-0.2, 0) is 17.6 Å². The van der Waals surface area contributed by atoms with Crippen molar-refractivity contribution < 1.29 is 35.8 Å². The van der Waals surface area contributed by atoms with Crippen molar-refractivity contribution in [2.45, 2.75) is 76.7 Å². The molecule has 1 saturated carbocycles. The van der Waals surface area contributed by atoms with Crippen LogP contribution in [0.4, 0.5) is 0 Å². The van der Waals surface area contributed by atoms with Gasteiger partial charge in [0.1, 0.15) is 5.75 Å². The van der Waals surface area contributed by atoms with Gasteiger partial charge in [-0.05, 0) is 73.5 Å². The van der Waals surface area contributed by atoms with Crippen LogP contribution in [0.5, 0.6) is 5.75 Å². The second-order valence-electron chi connectivity index (χ2n) is 7.78. The molecule has 28 heavy (non-hydrogen) atoms. The third-order valence-electron chi connectivity index (χ3n) is 6.09. The quantitative estimate of drug-likeness (QED) is 0.561. The van der Waals surface area contributed by atoms with E-state index in [1.54, 1.807) is 12.1 Å². The number of aliphatic hydroxyl groups excluding tert-OH is 1. The Bertz CT molecular complexity index is 949. The number of carboxylic acids is 1. The van der Waals surface area contributed by atoms with Gasteiger partial charge in [-0.3, -0.25) is 0 Å². The molecule has 156 valence electrons. The molecule has 5 heteroatoms. The Labute approximate surface area is 179 Å². The van der Waals surface area contributed by atoms with Gasteiger partial charge >= 0.3 is 5.97 Å². The van der Waals surface area contributed by atoms with Crippen molar-refractivity contribution in [3.05, 3.63) is 29.3 Å². The second-order valence-corrected chi connectivity index (χ2v) is 7.78. The molecule has 3 N–H and O–H groups in total. The summed E-state index contributed by atoms with van der Waals surface area (Å²) in [6.07, 6.45) is -7.69. The predicted octanol–water partition coefficient (Wildman–Crippen LogP) is 3.58. The third-order valence-corrected chi connectivity index (χ3v) is 6.09. The summed E-state index contributed by atoms with van der Waals surface area (Å²) in [6.45, 7) is -3.63. The maximum absolute atomic E-state index is 10.9. The smallest absolute Gasteiger partial charge is 0.341 e. The zero-order valence-corrected chi connectivity index (χ0v) is 15.9. The minimum atomic E-state index is -3.19. The molecule has 0 saturated heterocycles. The molecule has 0 aliphatic heterocycles. The number of carbonyl (C=O) groups is 1. The number of ether oxygens (including phenoxy) is 1. The highest BCUT2D eigenvalue weighted by Gasteiger charge is 2.44. The highest BCUT2D eigenvalue weighted by atomic mass is 16.5. The van der Waals surface area contributed by atoms with Crippen molar-refractivity contribution in [3.63, 3.8) is 0 Å². The maximum Gasteiger partial charge on any atom is 0.341 e. The van der Waals surface area contributed by atoms with Crippen molar-refractivity contribution in [1.29, 1.82) is 0 Å². The largest absolute Gasteiger partial charge is 0.482 e. The van der Waals surface area contributed by atoms with Crippen molar-refractivity contribution in [1.82, 2.24) is 0 Å². The summed E-state index contributed by atoms with van der Waals surface area (Å²) >= 11 is 0. The van der Waals surface area contributed by atoms with E-state index >= 15 is 0 Å². The number of fused-ring (bicyclic) bond motifs is 2. The SMILES string of the molecule is [2H]C([2H])([2H])C([2H])([2H])C([2H])([2H])CC[C@@]([2H])(O)CC[C@@H]1[C@H]2Cc3cccc(OCC(=O)O)c3C[C@H]2C[C@H]1O. The molecule has 2 aliphatic carbocycles. The lowest BCUT2D eigenvalue weighted by atomic mass is 9.73. The Balaban J connectivity index is 1.64.